The molecule has 0 aliphatic carbocycles. The fourth-order valence-electron chi connectivity index (χ4n) is 2.89. The van der Waals surface area contributed by atoms with Crippen molar-refractivity contribution < 1.29 is 18.3 Å². The van der Waals surface area contributed by atoms with Gasteiger partial charge in [-0.25, -0.2) is 13.6 Å². The average molecular weight is 341 g/mol. The summed E-state index contributed by atoms with van der Waals surface area (Å²) in [6.07, 6.45) is -1.62. The van der Waals surface area contributed by atoms with Gasteiger partial charge in [-0.15, -0.1) is 0 Å². The number of aryl methyl sites for hydroxylation is 1. The number of alkyl halides is 2. The molecule has 2 rings (SSSR count). The van der Waals surface area contributed by atoms with E-state index in [1.54, 1.807) is 16.9 Å². The summed E-state index contributed by atoms with van der Waals surface area (Å²) in [5.74, 6) is 0.816. The van der Waals surface area contributed by atoms with Crippen molar-refractivity contribution in [3.8, 4) is 5.75 Å². The van der Waals surface area contributed by atoms with Gasteiger partial charge in [0.05, 0.1) is 13.7 Å². The van der Waals surface area contributed by atoms with Crippen LogP contribution in [0, 0.1) is 6.92 Å². The van der Waals surface area contributed by atoms with Crippen molar-refractivity contribution in [2.45, 2.75) is 26.3 Å². The van der Waals surface area contributed by atoms with Crippen LogP contribution in [-0.4, -0.2) is 62.1 Å². The summed E-state index contributed by atoms with van der Waals surface area (Å²) in [4.78, 5) is 15.7. The van der Waals surface area contributed by atoms with Crippen molar-refractivity contribution in [1.29, 1.82) is 0 Å². The molecular formula is C17H25F2N3O2. The molecule has 2 amide bonds. The number of urea groups is 1. The van der Waals surface area contributed by atoms with Crippen LogP contribution in [0.25, 0.3) is 0 Å². The lowest BCUT2D eigenvalue weighted by atomic mass is 10.1. The van der Waals surface area contributed by atoms with Gasteiger partial charge in [0, 0.05) is 32.7 Å². The van der Waals surface area contributed by atoms with Crippen LogP contribution in [0.15, 0.2) is 18.2 Å². The lowest BCUT2D eigenvalue weighted by Gasteiger charge is -2.22. The van der Waals surface area contributed by atoms with E-state index in [1.807, 2.05) is 25.1 Å². The number of methoxy groups -OCH3 is 1. The summed E-state index contributed by atoms with van der Waals surface area (Å²) < 4.78 is 30.1. The smallest absolute Gasteiger partial charge is 0.317 e. The number of hydrogen-bond acceptors (Lipinski definition) is 3. The molecule has 5 nitrogen and oxygen atoms in total. The van der Waals surface area contributed by atoms with Gasteiger partial charge in [-0.2, -0.15) is 0 Å². The maximum atomic E-state index is 12.5. The summed E-state index contributed by atoms with van der Waals surface area (Å²) in [5, 5.41) is 2.90. The zero-order valence-corrected chi connectivity index (χ0v) is 14.2. The van der Waals surface area contributed by atoms with Crippen LogP contribution in [0.5, 0.6) is 5.75 Å². The van der Waals surface area contributed by atoms with Gasteiger partial charge in [-0.3, -0.25) is 4.90 Å². The zero-order chi connectivity index (χ0) is 17.5. The summed E-state index contributed by atoms with van der Waals surface area (Å²) in [7, 11) is 1.63. The van der Waals surface area contributed by atoms with E-state index >= 15 is 0 Å². The van der Waals surface area contributed by atoms with Gasteiger partial charge in [-0.05, 0) is 30.5 Å². The summed E-state index contributed by atoms with van der Waals surface area (Å²) in [5.41, 5.74) is 2.01. The van der Waals surface area contributed by atoms with Crippen molar-refractivity contribution in [1.82, 2.24) is 15.1 Å². The summed E-state index contributed by atoms with van der Waals surface area (Å²) in [6, 6.07) is 5.62. The second-order valence-electron chi connectivity index (χ2n) is 5.99. The molecule has 1 fully saturated rings. The average Bonchev–Trinajstić information content (AvgIpc) is 2.78. The molecule has 1 N–H and O–H groups in total. The quantitative estimate of drug-likeness (QED) is 0.895. The summed E-state index contributed by atoms with van der Waals surface area (Å²) >= 11 is 0. The van der Waals surface area contributed by atoms with Gasteiger partial charge in [0.2, 0.25) is 0 Å². The largest absolute Gasteiger partial charge is 0.496 e. The fraction of sp³-hybridized carbons (Fsp3) is 0.588. The molecule has 1 aromatic carbocycles. The number of carbonyl (C=O) groups excluding carboxylic acids is 1. The van der Waals surface area contributed by atoms with Crippen LogP contribution in [0.4, 0.5) is 13.6 Å². The van der Waals surface area contributed by atoms with Crippen LogP contribution < -0.4 is 10.1 Å². The van der Waals surface area contributed by atoms with Crippen LogP contribution >= 0.6 is 0 Å². The van der Waals surface area contributed by atoms with Crippen molar-refractivity contribution in [3.63, 3.8) is 0 Å². The lowest BCUT2D eigenvalue weighted by Crippen LogP contribution is -2.42. The third-order valence-corrected chi connectivity index (χ3v) is 4.17. The molecule has 1 aliphatic heterocycles. The molecule has 134 valence electrons. The van der Waals surface area contributed by atoms with E-state index in [-0.39, 0.29) is 12.6 Å². The van der Waals surface area contributed by atoms with Crippen LogP contribution in [-0.2, 0) is 6.54 Å². The second-order valence-corrected chi connectivity index (χ2v) is 5.99. The Labute approximate surface area is 141 Å². The number of rotatable bonds is 5. The van der Waals surface area contributed by atoms with E-state index in [9.17, 15) is 13.6 Å². The predicted molar refractivity (Wildman–Crippen MR) is 88.6 cm³/mol. The Morgan fingerprint density at radius 3 is 2.75 bits per heavy atom. The SMILES string of the molecule is COc1ccc(CNC(=O)N2CCCN(CC(F)F)CC2)cc1C. The fourth-order valence-corrected chi connectivity index (χ4v) is 2.89. The van der Waals surface area contributed by atoms with Crippen molar-refractivity contribution >= 4 is 6.03 Å². The Hall–Kier alpha value is -1.89. The maximum Gasteiger partial charge on any atom is 0.317 e. The third kappa shape index (κ3) is 5.33. The van der Waals surface area contributed by atoms with E-state index in [4.69, 9.17) is 4.74 Å². The minimum atomic E-state index is -2.33. The molecule has 0 atom stereocenters. The van der Waals surface area contributed by atoms with E-state index < -0.39 is 6.43 Å². The van der Waals surface area contributed by atoms with E-state index in [1.165, 1.54) is 0 Å². The molecule has 0 bridgehead atoms. The number of ether oxygens (including phenoxy) is 1. The Kier molecular flexibility index (Phi) is 6.78. The van der Waals surface area contributed by atoms with Gasteiger partial charge in [0.15, 0.2) is 0 Å². The Morgan fingerprint density at radius 2 is 2.08 bits per heavy atom. The Balaban J connectivity index is 1.83. The van der Waals surface area contributed by atoms with Crippen molar-refractivity contribution in [3.05, 3.63) is 29.3 Å². The summed E-state index contributed by atoms with van der Waals surface area (Å²) in [6.45, 7) is 4.32. The molecule has 0 spiro atoms. The number of nitrogens with one attached hydrogen (secondary N) is 1. The highest BCUT2D eigenvalue weighted by Gasteiger charge is 2.20. The molecule has 1 saturated heterocycles. The molecule has 1 heterocycles. The molecule has 0 unspecified atom stereocenters. The number of carbonyl (C=O) groups is 1. The van der Waals surface area contributed by atoms with Gasteiger partial charge in [0.25, 0.3) is 6.43 Å². The third-order valence-electron chi connectivity index (χ3n) is 4.17. The van der Waals surface area contributed by atoms with Gasteiger partial charge in [0.1, 0.15) is 5.75 Å². The van der Waals surface area contributed by atoms with Crippen LogP contribution in [0.2, 0.25) is 0 Å². The molecule has 1 aromatic rings. The van der Waals surface area contributed by atoms with Gasteiger partial charge in [-0.1, -0.05) is 12.1 Å². The first-order chi connectivity index (χ1) is 11.5. The molecule has 0 radical (unpaired) electrons. The van der Waals surface area contributed by atoms with Crippen molar-refractivity contribution in [2.24, 2.45) is 0 Å². The highest BCUT2D eigenvalue weighted by molar-refractivity contribution is 5.74. The first-order valence-corrected chi connectivity index (χ1v) is 8.16. The molecule has 7 heteroatoms. The highest BCUT2D eigenvalue weighted by Crippen LogP contribution is 2.18. The predicted octanol–water partition coefficient (Wildman–Crippen LogP) is 2.49. The monoisotopic (exact) mass is 341 g/mol. The first kappa shape index (κ1) is 18.4. The molecule has 1 aliphatic rings. The van der Waals surface area contributed by atoms with Crippen LogP contribution in [0.3, 0.4) is 0 Å². The number of amides is 2. The van der Waals surface area contributed by atoms with E-state index in [0.717, 1.165) is 16.9 Å². The zero-order valence-electron chi connectivity index (χ0n) is 14.2. The van der Waals surface area contributed by atoms with Crippen molar-refractivity contribution in [2.75, 3.05) is 39.8 Å². The standard InChI is InChI=1S/C17H25F2N3O2/c1-13-10-14(4-5-15(13)24-2)11-20-17(23)22-7-3-6-21(8-9-22)12-16(18)19/h4-5,10,16H,3,6-9,11-12H2,1-2H3,(H,20,23). The number of nitrogens with zero attached hydrogens (tertiary/aromatic N) is 2. The van der Waals surface area contributed by atoms with Gasteiger partial charge >= 0.3 is 6.03 Å². The maximum absolute atomic E-state index is 12.5. The Morgan fingerprint density at radius 1 is 1.29 bits per heavy atom. The Bertz CT molecular complexity index is 555. The topological polar surface area (TPSA) is 44.8 Å². The number of halogens is 2. The number of benzene rings is 1. The normalized spacial score (nSPS) is 16.1. The molecule has 24 heavy (non-hydrogen) atoms. The molecule has 0 aromatic heterocycles. The van der Waals surface area contributed by atoms with Crippen LogP contribution in [0.1, 0.15) is 17.5 Å². The minimum absolute atomic E-state index is 0.151. The second kappa shape index (κ2) is 8.82. The molecule has 0 saturated carbocycles. The highest BCUT2D eigenvalue weighted by atomic mass is 19.3. The van der Waals surface area contributed by atoms with Gasteiger partial charge < -0.3 is 15.0 Å². The first-order valence-electron chi connectivity index (χ1n) is 8.16. The van der Waals surface area contributed by atoms with E-state index in [0.29, 0.717) is 39.1 Å². The molecular weight excluding hydrogens is 316 g/mol. The lowest BCUT2D eigenvalue weighted by molar-refractivity contribution is 0.0904. The number of hydrogen-bond donors (Lipinski definition) is 1. The van der Waals surface area contributed by atoms with E-state index in [2.05, 4.69) is 5.32 Å². The minimum Gasteiger partial charge on any atom is -0.496 e.